The molecule has 1 aromatic carbocycles. The van der Waals surface area contributed by atoms with Gasteiger partial charge in [0.2, 0.25) is 0 Å². The van der Waals surface area contributed by atoms with Gasteiger partial charge in [-0.2, -0.15) is 13.2 Å². The SMILES string of the molecule is CC(C)C1=CC2C=CC(C(=O)N[C@H](C(=O)O)C(C)(C)C)=C(OCc3ccc(C(F)(F)F)cc3)C2S1. The molecule has 0 fully saturated rings. The summed E-state index contributed by atoms with van der Waals surface area (Å²) in [4.78, 5) is 26.2. The largest absolute Gasteiger partial charge is 0.491 e. The number of ether oxygens (including phenoxy) is 1. The number of nitrogens with one attached hydrogen (secondary N) is 1. The summed E-state index contributed by atoms with van der Waals surface area (Å²) in [6, 6.07) is 3.56. The van der Waals surface area contributed by atoms with Gasteiger partial charge in [0.05, 0.1) is 16.4 Å². The van der Waals surface area contributed by atoms with Gasteiger partial charge in [-0.1, -0.05) is 58.9 Å². The van der Waals surface area contributed by atoms with Crippen LogP contribution < -0.4 is 5.32 Å². The molecule has 35 heavy (non-hydrogen) atoms. The van der Waals surface area contributed by atoms with E-state index in [9.17, 15) is 27.9 Å². The van der Waals surface area contributed by atoms with Crippen molar-refractivity contribution in [1.29, 1.82) is 0 Å². The molecule has 3 atom stereocenters. The number of amides is 1. The summed E-state index contributed by atoms with van der Waals surface area (Å²) >= 11 is 1.59. The molecule has 0 saturated heterocycles. The molecule has 0 bridgehead atoms. The number of hydrogen-bond donors (Lipinski definition) is 2. The van der Waals surface area contributed by atoms with Crippen molar-refractivity contribution in [3.63, 3.8) is 0 Å². The highest BCUT2D eigenvalue weighted by atomic mass is 32.2. The molecular formula is C26H30F3NO4S. The summed E-state index contributed by atoms with van der Waals surface area (Å²) in [7, 11) is 0. The Balaban J connectivity index is 1.89. The van der Waals surface area contributed by atoms with E-state index >= 15 is 0 Å². The van der Waals surface area contributed by atoms with Gasteiger partial charge in [-0.05, 0) is 40.0 Å². The second kappa shape index (κ2) is 10.1. The Morgan fingerprint density at radius 2 is 1.77 bits per heavy atom. The van der Waals surface area contributed by atoms with Crippen molar-refractivity contribution in [2.45, 2.75) is 58.7 Å². The number of thioether (sulfide) groups is 1. The Labute approximate surface area is 207 Å². The highest BCUT2D eigenvalue weighted by molar-refractivity contribution is 8.04. The number of hydrogen-bond acceptors (Lipinski definition) is 4. The molecule has 3 rings (SSSR count). The Hall–Kier alpha value is -2.68. The topological polar surface area (TPSA) is 75.6 Å². The van der Waals surface area contributed by atoms with Crippen molar-refractivity contribution in [2.75, 3.05) is 0 Å². The Kier molecular flexibility index (Phi) is 7.79. The van der Waals surface area contributed by atoms with Crippen molar-refractivity contribution >= 4 is 23.6 Å². The van der Waals surface area contributed by atoms with E-state index in [1.54, 1.807) is 38.6 Å². The molecule has 190 valence electrons. The zero-order valence-electron chi connectivity index (χ0n) is 20.3. The van der Waals surface area contributed by atoms with E-state index in [-0.39, 0.29) is 29.3 Å². The zero-order valence-corrected chi connectivity index (χ0v) is 21.1. The van der Waals surface area contributed by atoms with Crippen LogP contribution in [0.2, 0.25) is 0 Å². The quantitative estimate of drug-likeness (QED) is 0.476. The molecule has 0 aromatic heterocycles. The summed E-state index contributed by atoms with van der Waals surface area (Å²) in [5.74, 6) is -1.04. The summed E-state index contributed by atoms with van der Waals surface area (Å²) < 4.78 is 44.7. The lowest BCUT2D eigenvalue weighted by molar-refractivity contribution is -0.144. The highest BCUT2D eigenvalue weighted by Gasteiger charge is 2.39. The molecular weight excluding hydrogens is 479 g/mol. The molecule has 2 N–H and O–H groups in total. The maximum atomic E-state index is 13.2. The lowest BCUT2D eigenvalue weighted by Crippen LogP contribution is -2.49. The van der Waals surface area contributed by atoms with Gasteiger partial charge < -0.3 is 15.2 Å². The van der Waals surface area contributed by atoms with Crippen molar-refractivity contribution in [3.05, 3.63) is 69.9 Å². The van der Waals surface area contributed by atoms with E-state index in [0.717, 1.165) is 17.0 Å². The molecule has 0 spiro atoms. The number of fused-ring (bicyclic) bond motifs is 1. The highest BCUT2D eigenvalue weighted by Crippen LogP contribution is 2.47. The number of benzene rings is 1. The molecule has 0 saturated carbocycles. The molecule has 2 unspecified atom stereocenters. The average molecular weight is 510 g/mol. The average Bonchev–Trinajstić information content (AvgIpc) is 3.19. The number of allylic oxidation sites excluding steroid dienone is 3. The first-order chi connectivity index (χ1) is 16.2. The lowest BCUT2D eigenvalue weighted by atomic mass is 9.86. The second-order valence-electron chi connectivity index (χ2n) is 10.1. The summed E-state index contributed by atoms with van der Waals surface area (Å²) in [5, 5.41) is 12.0. The smallest absolute Gasteiger partial charge is 0.416 e. The third-order valence-corrected chi connectivity index (χ3v) is 7.52. The van der Waals surface area contributed by atoms with Crippen molar-refractivity contribution in [3.8, 4) is 0 Å². The standard InChI is InChI=1S/C26H30F3NO4S/c1-14(2)19-12-16-8-11-18(23(31)30-22(24(32)33)25(3,4)5)20(21(16)35-19)34-13-15-6-9-17(10-7-15)26(27,28)29/h6-12,14,16,21-22H,13H2,1-5H3,(H,30,31)(H,32,33)/t16?,21?,22-/m1/s1. The van der Waals surface area contributed by atoms with E-state index in [2.05, 4.69) is 25.2 Å². The van der Waals surface area contributed by atoms with Gasteiger partial charge in [0.15, 0.2) is 0 Å². The van der Waals surface area contributed by atoms with Gasteiger partial charge in [0.1, 0.15) is 18.4 Å². The number of rotatable bonds is 7. The minimum Gasteiger partial charge on any atom is -0.491 e. The summed E-state index contributed by atoms with van der Waals surface area (Å²) in [6.45, 7) is 9.28. The van der Waals surface area contributed by atoms with E-state index in [4.69, 9.17) is 4.74 Å². The molecule has 1 amide bonds. The monoisotopic (exact) mass is 509 g/mol. The Morgan fingerprint density at radius 3 is 2.29 bits per heavy atom. The number of aliphatic carboxylic acids is 1. The molecule has 5 nitrogen and oxygen atoms in total. The third-order valence-electron chi connectivity index (χ3n) is 5.86. The van der Waals surface area contributed by atoms with E-state index in [0.29, 0.717) is 11.3 Å². The number of carboxylic acid groups (broad SMARTS) is 1. The van der Waals surface area contributed by atoms with Gasteiger partial charge in [-0.3, -0.25) is 4.79 Å². The predicted octanol–water partition coefficient (Wildman–Crippen LogP) is 5.93. The molecule has 2 aliphatic rings. The van der Waals surface area contributed by atoms with Crippen LogP contribution in [0.4, 0.5) is 13.2 Å². The first-order valence-electron chi connectivity index (χ1n) is 11.3. The van der Waals surface area contributed by atoms with Crippen LogP contribution in [0.25, 0.3) is 0 Å². The van der Waals surface area contributed by atoms with Crippen LogP contribution in [0.1, 0.15) is 45.7 Å². The fourth-order valence-corrected chi connectivity index (χ4v) is 5.28. The normalized spacial score (nSPS) is 21.0. The summed E-state index contributed by atoms with van der Waals surface area (Å²) in [5.41, 5.74) is -0.729. The van der Waals surface area contributed by atoms with Gasteiger partial charge in [0.25, 0.3) is 5.91 Å². The number of carbonyl (C=O) groups is 2. The first kappa shape index (κ1) is 26.9. The molecule has 1 heterocycles. The molecule has 1 aromatic rings. The zero-order chi connectivity index (χ0) is 26.1. The van der Waals surface area contributed by atoms with E-state index < -0.39 is 35.1 Å². The fourth-order valence-electron chi connectivity index (χ4n) is 3.85. The third kappa shape index (κ3) is 6.31. The Bertz CT molecular complexity index is 1070. The van der Waals surface area contributed by atoms with Crippen LogP contribution in [0.5, 0.6) is 0 Å². The van der Waals surface area contributed by atoms with Crippen LogP contribution in [-0.4, -0.2) is 28.3 Å². The fraction of sp³-hybridized carbons (Fsp3) is 0.462. The lowest BCUT2D eigenvalue weighted by Gasteiger charge is -2.30. The van der Waals surface area contributed by atoms with Crippen molar-refractivity contribution in [1.82, 2.24) is 5.32 Å². The van der Waals surface area contributed by atoms with E-state index in [1.165, 1.54) is 12.1 Å². The molecule has 9 heteroatoms. The minimum absolute atomic E-state index is 0.00515. The van der Waals surface area contributed by atoms with Crippen LogP contribution in [0.3, 0.4) is 0 Å². The van der Waals surface area contributed by atoms with Gasteiger partial charge in [-0.15, -0.1) is 11.8 Å². The maximum Gasteiger partial charge on any atom is 0.416 e. The van der Waals surface area contributed by atoms with Crippen LogP contribution in [-0.2, 0) is 27.1 Å². The molecule has 0 radical (unpaired) electrons. The van der Waals surface area contributed by atoms with Gasteiger partial charge in [0, 0.05) is 5.92 Å². The summed E-state index contributed by atoms with van der Waals surface area (Å²) in [6.07, 6.45) is 1.24. The molecule has 1 aliphatic heterocycles. The number of carbonyl (C=O) groups excluding carboxylic acids is 1. The van der Waals surface area contributed by atoms with Crippen LogP contribution >= 0.6 is 11.8 Å². The van der Waals surface area contributed by atoms with Crippen molar-refractivity contribution < 1.29 is 32.6 Å². The van der Waals surface area contributed by atoms with Crippen LogP contribution in [0, 0.1) is 17.3 Å². The minimum atomic E-state index is -4.43. The number of halogens is 3. The predicted molar refractivity (Wildman–Crippen MR) is 129 cm³/mol. The second-order valence-corrected chi connectivity index (χ2v) is 11.3. The Morgan fingerprint density at radius 1 is 1.14 bits per heavy atom. The molecule has 1 aliphatic carbocycles. The van der Waals surface area contributed by atoms with E-state index in [1.807, 2.05) is 6.08 Å². The van der Waals surface area contributed by atoms with Crippen LogP contribution in [0.15, 0.2) is 58.7 Å². The van der Waals surface area contributed by atoms with Gasteiger partial charge >= 0.3 is 12.1 Å². The maximum absolute atomic E-state index is 13.2. The number of alkyl halides is 3. The first-order valence-corrected chi connectivity index (χ1v) is 12.2. The number of carboxylic acids is 1. The van der Waals surface area contributed by atoms with Crippen molar-refractivity contribution in [2.24, 2.45) is 17.3 Å². The van der Waals surface area contributed by atoms with Gasteiger partial charge in [-0.25, -0.2) is 4.79 Å².